The second-order valence-corrected chi connectivity index (χ2v) is 7.37. The number of hydrogen-bond donors (Lipinski definition) is 1. The van der Waals surface area contributed by atoms with Gasteiger partial charge in [0, 0.05) is 29.8 Å². The SMILES string of the molecule is CCc1ccc(-n2c(Sc3ncnc4[nH]ccc34)nnc2-c2ccncc2)cc1. The Labute approximate surface area is 171 Å². The summed E-state index contributed by atoms with van der Waals surface area (Å²) in [5.41, 5.74) is 4.04. The molecule has 0 atom stereocenters. The summed E-state index contributed by atoms with van der Waals surface area (Å²) in [7, 11) is 0. The van der Waals surface area contributed by atoms with Gasteiger partial charge in [-0.1, -0.05) is 19.1 Å². The molecule has 4 heterocycles. The van der Waals surface area contributed by atoms with Crippen molar-refractivity contribution in [3.63, 3.8) is 0 Å². The highest BCUT2D eigenvalue weighted by atomic mass is 32.2. The van der Waals surface area contributed by atoms with Crippen LogP contribution in [0.2, 0.25) is 0 Å². The van der Waals surface area contributed by atoms with Gasteiger partial charge < -0.3 is 4.98 Å². The summed E-state index contributed by atoms with van der Waals surface area (Å²) in [6.45, 7) is 2.15. The van der Waals surface area contributed by atoms with E-state index in [1.807, 2.05) is 24.4 Å². The van der Waals surface area contributed by atoms with E-state index < -0.39 is 0 Å². The van der Waals surface area contributed by atoms with Crippen molar-refractivity contribution in [2.24, 2.45) is 0 Å². The topological polar surface area (TPSA) is 85.2 Å². The van der Waals surface area contributed by atoms with Crippen molar-refractivity contribution in [1.82, 2.24) is 34.7 Å². The number of pyridine rings is 1. The molecule has 1 N–H and O–H groups in total. The van der Waals surface area contributed by atoms with E-state index in [-0.39, 0.29) is 0 Å². The first-order chi connectivity index (χ1) is 14.3. The summed E-state index contributed by atoms with van der Waals surface area (Å²) in [6, 6.07) is 14.3. The largest absolute Gasteiger partial charge is 0.346 e. The first kappa shape index (κ1) is 17.6. The lowest BCUT2D eigenvalue weighted by atomic mass is 10.1. The zero-order valence-electron chi connectivity index (χ0n) is 15.6. The van der Waals surface area contributed by atoms with E-state index in [1.54, 1.807) is 18.7 Å². The molecule has 0 bridgehead atoms. The Morgan fingerprint density at radius 3 is 2.59 bits per heavy atom. The fourth-order valence-corrected chi connectivity index (χ4v) is 4.07. The smallest absolute Gasteiger partial charge is 0.202 e. The molecule has 8 heteroatoms. The van der Waals surface area contributed by atoms with Gasteiger partial charge in [-0.25, -0.2) is 9.97 Å². The Morgan fingerprint density at radius 2 is 1.79 bits per heavy atom. The molecular weight excluding hydrogens is 382 g/mol. The lowest BCUT2D eigenvalue weighted by Crippen LogP contribution is -2.00. The molecule has 0 unspecified atom stereocenters. The molecule has 4 aromatic heterocycles. The first-order valence-corrected chi connectivity index (χ1v) is 10.1. The highest BCUT2D eigenvalue weighted by Crippen LogP contribution is 2.34. The van der Waals surface area contributed by atoms with E-state index in [2.05, 4.69) is 65.9 Å². The average Bonchev–Trinajstić information content (AvgIpc) is 3.42. The van der Waals surface area contributed by atoms with Crippen LogP contribution >= 0.6 is 11.8 Å². The molecular formula is C21H17N7S. The minimum absolute atomic E-state index is 0.738. The maximum Gasteiger partial charge on any atom is 0.202 e. The average molecular weight is 399 g/mol. The molecule has 0 fully saturated rings. The van der Waals surface area contributed by atoms with E-state index in [1.165, 1.54) is 17.3 Å². The highest BCUT2D eigenvalue weighted by molar-refractivity contribution is 7.99. The first-order valence-electron chi connectivity index (χ1n) is 9.24. The minimum atomic E-state index is 0.738. The van der Waals surface area contributed by atoms with Gasteiger partial charge in [0.25, 0.3) is 0 Å². The lowest BCUT2D eigenvalue weighted by Gasteiger charge is -2.11. The van der Waals surface area contributed by atoms with Crippen LogP contribution in [0.25, 0.3) is 28.1 Å². The third-order valence-corrected chi connectivity index (χ3v) is 5.65. The zero-order valence-corrected chi connectivity index (χ0v) is 16.5. The van der Waals surface area contributed by atoms with Gasteiger partial charge in [-0.05, 0) is 54.1 Å². The summed E-state index contributed by atoms with van der Waals surface area (Å²) in [5.74, 6) is 0.763. The summed E-state index contributed by atoms with van der Waals surface area (Å²) >= 11 is 1.47. The van der Waals surface area contributed by atoms with E-state index in [0.717, 1.165) is 44.7 Å². The maximum atomic E-state index is 4.48. The quantitative estimate of drug-likeness (QED) is 0.443. The number of nitrogens with one attached hydrogen (secondary N) is 1. The van der Waals surface area contributed by atoms with Crippen LogP contribution in [0.15, 0.2) is 77.6 Å². The predicted octanol–water partition coefficient (Wildman–Crippen LogP) is 4.31. The monoisotopic (exact) mass is 399 g/mol. The maximum absolute atomic E-state index is 4.48. The number of fused-ring (bicyclic) bond motifs is 1. The van der Waals surface area contributed by atoms with Crippen LogP contribution in [0.3, 0.4) is 0 Å². The minimum Gasteiger partial charge on any atom is -0.346 e. The van der Waals surface area contributed by atoms with Crippen LogP contribution in [0.4, 0.5) is 0 Å². The fraction of sp³-hybridized carbons (Fsp3) is 0.0952. The number of aromatic amines is 1. The third kappa shape index (κ3) is 3.27. The van der Waals surface area contributed by atoms with E-state index in [0.29, 0.717) is 0 Å². The Hall–Kier alpha value is -3.52. The number of benzene rings is 1. The van der Waals surface area contributed by atoms with Crippen LogP contribution in [0.5, 0.6) is 0 Å². The molecule has 0 spiro atoms. The predicted molar refractivity (Wildman–Crippen MR) is 112 cm³/mol. The van der Waals surface area contributed by atoms with Crippen molar-refractivity contribution in [1.29, 1.82) is 0 Å². The normalized spacial score (nSPS) is 11.2. The number of H-pyrrole nitrogens is 1. The van der Waals surface area contributed by atoms with Crippen LogP contribution in [-0.2, 0) is 6.42 Å². The fourth-order valence-electron chi connectivity index (χ4n) is 3.15. The Kier molecular flexibility index (Phi) is 4.53. The van der Waals surface area contributed by atoms with Crippen LogP contribution in [-0.4, -0.2) is 34.7 Å². The van der Waals surface area contributed by atoms with Gasteiger partial charge in [0.1, 0.15) is 17.0 Å². The van der Waals surface area contributed by atoms with Crippen molar-refractivity contribution in [3.8, 4) is 17.1 Å². The molecule has 0 radical (unpaired) electrons. The van der Waals surface area contributed by atoms with Gasteiger partial charge in [0.2, 0.25) is 5.16 Å². The molecule has 0 amide bonds. The van der Waals surface area contributed by atoms with Crippen molar-refractivity contribution in [2.75, 3.05) is 0 Å². The standard InChI is InChI=1S/C21H17N7S/c1-2-14-3-5-16(6-4-14)28-19(15-7-10-22-11-8-15)26-27-21(28)29-20-17-9-12-23-18(17)24-13-25-20/h3-13H,2H2,1H3,(H,23,24,25). The van der Waals surface area contributed by atoms with Crippen LogP contribution < -0.4 is 0 Å². The summed E-state index contributed by atoms with van der Waals surface area (Å²) in [4.78, 5) is 16.0. The summed E-state index contributed by atoms with van der Waals surface area (Å²) in [6.07, 6.45) is 7.93. The number of aryl methyl sites for hydroxylation is 1. The van der Waals surface area contributed by atoms with E-state index >= 15 is 0 Å². The zero-order chi connectivity index (χ0) is 19.6. The van der Waals surface area contributed by atoms with Gasteiger partial charge in [-0.2, -0.15) is 0 Å². The van der Waals surface area contributed by atoms with Crippen molar-refractivity contribution in [2.45, 2.75) is 23.5 Å². The number of aromatic nitrogens is 7. The van der Waals surface area contributed by atoms with Crippen molar-refractivity contribution in [3.05, 3.63) is 72.9 Å². The van der Waals surface area contributed by atoms with Crippen LogP contribution in [0.1, 0.15) is 12.5 Å². The number of nitrogens with zero attached hydrogens (tertiary/aromatic N) is 6. The molecule has 29 heavy (non-hydrogen) atoms. The molecule has 0 aliphatic carbocycles. The highest BCUT2D eigenvalue weighted by Gasteiger charge is 2.18. The molecule has 1 aromatic carbocycles. The van der Waals surface area contributed by atoms with Gasteiger partial charge >= 0.3 is 0 Å². The molecule has 0 saturated heterocycles. The number of rotatable bonds is 5. The molecule has 5 rings (SSSR count). The molecule has 142 valence electrons. The Bertz CT molecular complexity index is 1260. The van der Waals surface area contributed by atoms with Crippen LogP contribution in [0, 0.1) is 0 Å². The van der Waals surface area contributed by atoms with Gasteiger partial charge in [0.15, 0.2) is 5.82 Å². The van der Waals surface area contributed by atoms with E-state index in [4.69, 9.17) is 0 Å². The summed E-state index contributed by atoms with van der Waals surface area (Å²) < 4.78 is 2.06. The van der Waals surface area contributed by atoms with Gasteiger partial charge in [-0.3, -0.25) is 9.55 Å². The van der Waals surface area contributed by atoms with E-state index in [9.17, 15) is 0 Å². The summed E-state index contributed by atoms with van der Waals surface area (Å²) in [5, 5.41) is 11.5. The van der Waals surface area contributed by atoms with Gasteiger partial charge in [0.05, 0.1) is 5.39 Å². The lowest BCUT2D eigenvalue weighted by molar-refractivity contribution is 0.882. The molecule has 0 saturated carbocycles. The Morgan fingerprint density at radius 1 is 0.966 bits per heavy atom. The number of hydrogen-bond acceptors (Lipinski definition) is 6. The second-order valence-electron chi connectivity index (χ2n) is 6.42. The second kappa shape index (κ2) is 7.48. The molecule has 0 aliphatic heterocycles. The van der Waals surface area contributed by atoms with Gasteiger partial charge in [-0.15, -0.1) is 10.2 Å². The third-order valence-electron chi connectivity index (χ3n) is 4.68. The van der Waals surface area contributed by atoms with Crippen molar-refractivity contribution >= 4 is 22.8 Å². The van der Waals surface area contributed by atoms with Crippen molar-refractivity contribution < 1.29 is 0 Å². The molecule has 5 aromatic rings. The molecule has 7 nitrogen and oxygen atoms in total. The Balaban J connectivity index is 1.65. The molecule has 0 aliphatic rings.